The van der Waals surface area contributed by atoms with Gasteiger partial charge in [0.2, 0.25) is 5.91 Å². The Hall–Kier alpha value is -1.46. The molecule has 1 aromatic heterocycles. The van der Waals surface area contributed by atoms with Gasteiger partial charge in [-0.3, -0.25) is 14.7 Å². The minimum absolute atomic E-state index is 0.0750. The zero-order valence-corrected chi connectivity index (χ0v) is 11.0. The molecule has 0 radical (unpaired) electrons. The van der Waals surface area contributed by atoms with Crippen LogP contribution in [0, 0.1) is 0 Å². The number of carbonyl (C=O) groups excluding carboxylic acids is 1. The van der Waals surface area contributed by atoms with Gasteiger partial charge in [-0.15, -0.1) is 0 Å². The standard InChI is InChI=1S/C13H20N4O/c1-14-9-12-13(18)16(2)6-7-17(12)10-11-4-3-5-15-8-11/h3-5,8,12,14H,6-7,9-10H2,1-2H3. The Balaban J connectivity index is 2.08. The summed E-state index contributed by atoms with van der Waals surface area (Å²) >= 11 is 0. The molecule has 5 heteroatoms. The van der Waals surface area contributed by atoms with E-state index in [1.807, 2.05) is 37.3 Å². The number of aromatic nitrogens is 1. The van der Waals surface area contributed by atoms with Crippen LogP contribution in [0.3, 0.4) is 0 Å². The number of hydrogen-bond acceptors (Lipinski definition) is 4. The van der Waals surface area contributed by atoms with Gasteiger partial charge in [0.15, 0.2) is 0 Å². The van der Waals surface area contributed by atoms with Crippen LogP contribution in [0.25, 0.3) is 0 Å². The Bertz CT molecular complexity index is 395. The Morgan fingerprint density at radius 1 is 1.50 bits per heavy atom. The second-order valence-corrected chi connectivity index (χ2v) is 4.67. The van der Waals surface area contributed by atoms with Crippen molar-refractivity contribution in [1.29, 1.82) is 0 Å². The Labute approximate surface area is 108 Å². The van der Waals surface area contributed by atoms with E-state index in [-0.39, 0.29) is 11.9 Å². The molecule has 5 nitrogen and oxygen atoms in total. The molecule has 1 unspecified atom stereocenters. The quantitative estimate of drug-likeness (QED) is 0.811. The van der Waals surface area contributed by atoms with Gasteiger partial charge in [-0.25, -0.2) is 0 Å². The van der Waals surface area contributed by atoms with Gasteiger partial charge in [-0.2, -0.15) is 0 Å². The van der Waals surface area contributed by atoms with E-state index in [0.717, 1.165) is 25.2 Å². The van der Waals surface area contributed by atoms with E-state index in [4.69, 9.17) is 0 Å². The third-order valence-electron chi connectivity index (χ3n) is 3.33. The maximum Gasteiger partial charge on any atom is 0.241 e. The Kier molecular flexibility index (Phi) is 4.28. The van der Waals surface area contributed by atoms with E-state index in [9.17, 15) is 4.79 Å². The van der Waals surface area contributed by atoms with E-state index in [2.05, 4.69) is 15.2 Å². The lowest BCUT2D eigenvalue weighted by molar-refractivity contribution is -0.140. The minimum atomic E-state index is -0.0750. The molecule has 0 aromatic carbocycles. The highest BCUT2D eigenvalue weighted by Crippen LogP contribution is 2.13. The summed E-state index contributed by atoms with van der Waals surface area (Å²) < 4.78 is 0. The number of piperazine rings is 1. The summed E-state index contributed by atoms with van der Waals surface area (Å²) in [5, 5.41) is 3.10. The molecule has 0 aliphatic carbocycles. The fraction of sp³-hybridized carbons (Fsp3) is 0.538. The van der Waals surface area contributed by atoms with Crippen LogP contribution in [0.5, 0.6) is 0 Å². The van der Waals surface area contributed by atoms with Crippen LogP contribution in [0.4, 0.5) is 0 Å². The molecule has 1 aromatic rings. The molecule has 2 heterocycles. The fourth-order valence-corrected chi connectivity index (χ4v) is 2.28. The number of rotatable bonds is 4. The van der Waals surface area contributed by atoms with Crippen LogP contribution in [-0.2, 0) is 11.3 Å². The van der Waals surface area contributed by atoms with Crippen LogP contribution >= 0.6 is 0 Å². The molecule has 18 heavy (non-hydrogen) atoms. The van der Waals surface area contributed by atoms with Crippen molar-refractivity contribution in [3.8, 4) is 0 Å². The van der Waals surface area contributed by atoms with Gasteiger partial charge < -0.3 is 10.2 Å². The van der Waals surface area contributed by atoms with Crippen LogP contribution in [0.15, 0.2) is 24.5 Å². The van der Waals surface area contributed by atoms with Gasteiger partial charge in [-0.05, 0) is 18.7 Å². The number of amides is 1. The molecule has 1 aliphatic rings. The molecule has 1 N–H and O–H groups in total. The zero-order valence-electron chi connectivity index (χ0n) is 11.0. The van der Waals surface area contributed by atoms with Gasteiger partial charge >= 0.3 is 0 Å². The Morgan fingerprint density at radius 2 is 2.33 bits per heavy atom. The van der Waals surface area contributed by atoms with Gasteiger partial charge in [0.25, 0.3) is 0 Å². The second-order valence-electron chi connectivity index (χ2n) is 4.67. The molecule has 2 rings (SSSR count). The highest BCUT2D eigenvalue weighted by molar-refractivity contribution is 5.82. The fourth-order valence-electron chi connectivity index (χ4n) is 2.28. The molecule has 0 saturated carbocycles. The first-order valence-electron chi connectivity index (χ1n) is 6.25. The number of nitrogens with zero attached hydrogens (tertiary/aromatic N) is 3. The average molecular weight is 248 g/mol. The summed E-state index contributed by atoms with van der Waals surface area (Å²) in [6.45, 7) is 3.16. The van der Waals surface area contributed by atoms with Crippen molar-refractivity contribution in [2.45, 2.75) is 12.6 Å². The maximum absolute atomic E-state index is 12.1. The lowest BCUT2D eigenvalue weighted by Crippen LogP contribution is -2.58. The topological polar surface area (TPSA) is 48.5 Å². The van der Waals surface area contributed by atoms with E-state index in [1.165, 1.54) is 0 Å². The number of carbonyl (C=O) groups is 1. The number of hydrogen-bond donors (Lipinski definition) is 1. The monoisotopic (exact) mass is 248 g/mol. The van der Waals surface area contributed by atoms with Crippen LogP contribution < -0.4 is 5.32 Å². The predicted molar refractivity (Wildman–Crippen MR) is 70.0 cm³/mol. The molecule has 1 amide bonds. The highest BCUT2D eigenvalue weighted by Gasteiger charge is 2.32. The summed E-state index contributed by atoms with van der Waals surface area (Å²) in [5.74, 6) is 0.194. The molecule has 1 atom stereocenters. The predicted octanol–water partition coefficient (Wildman–Crippen LogP) is -0.0564. The van der Waals surface area contributed by atoms with Gasteiger partial charge in [-0.1, -0.05) is 6.07 Å². The third-order valence-corrected chi connectivity index (χ3v) is 3.33. The first-order valence-corrected chi connectivity index (χ1v) is 6.25. The third kappa shape index (κ3) is 2.86. The van der Waals surface area contributed by atoms with Gasteiger partial charge in [0.05, 0.1) is 0 Å². The average Bonchev–Trinajstić information content (AvgIpc) is 2.39. The summed E-state index contributed by atoms with van der Waals surface area (Å²) in [4.78, 5) is 20.3. The zero-order chi connectivity index (χ0) is 13.0. The smallest absolute Gasteiger partial charge is 0.241 e. The summed E-state index contributed by atoms with van der Waals surface area (Å²) in [5.41, 5.74) is 1.15. The molecule has 98 valence electrons. The first-order chi connectivity index (χ1) is 8.72. The molecule has 0 spiro atoms. The molecular formula is C13H20N4O. The Morgan fingerprint density at radius 3 is 3.00 bits per heavy atom. The van der Waals surface area contributed by atoms with Crippen molar-refractivity contribution in [2.75, 3.05) is 33.7 Å². The lowest BCUT2D eigenvalue weighted by Gasteiger charge is -2.39. The second kappa shape index (κ2) is 5.93. The lowest BCUT2D eigenvalue weighted by atomic mass is 10.1. The van der Waals surface area contributed by atoms with Crippen molar-refractivity contribution < 1.29 is 4.79 Å². The van der Waals surface area contributed by atoms with Crippen LogP contribution in [0.2, 0.25) is 0 Å². The van der Waals surface area contributed by atoms with Crippen molar-refractivity contribution in [3.63, 3.8) is 0 Å². The van der Waals surface area contributed by atoms with Gasteiger partial charge in [0.1, 0.15) is 6.04 Å². The summed E-state index contributed by atoms with van der Waals surface area (Å²) in [7, 11) is 3.75. The summed E-state index contributed by atoms with van der Waals surface area (Å²) in [6.07, 6.45) is 3.63. The largest absolute Gasteiger partial charge is 0.343 e. The van der Waals surface area contributed by atoms with Crippen LogP contribution in [-0.4, -0.2) is 60.5 Å². The molecular weight excluding hydrogens is 228 g/mol. The number of likely N-dealkylation sites (N-methyl/N-ethyl adjacent to an activating group) is 2. The van der Waals surface area contributed by atoms with Crippen molar-refractivity contribution in [2.24, 2.45) is 0 Å². The van der Waals surface area contributed by atoms with Gasteiger partial charge in [0, 0.05) is 45.6 Å². The van der Waals surface area contributed by atoms with E-state index < -0.39 is 0 Å². The minimum Gasteiger partial charge on any atom is -0.343 e. The first kappa shape index (κ1) is 13.0. The van der Waals surface area contributed by atoms with E-state index >= 15 is 0 Å². The molecule has 1 fully saturated rings. The van der Waals surface area contributed by atoms with Crippen molar-refractivity contribution in [1.82, 2.24) is 20.1 Å². The van der Waals surface area contributed by atoms with Crippen LogP contribution in [0.1, 0.15) is 5.56 Å². The maximum atomic E-state index is 12.1. The van der Waals surface area contributed by atoms with E-state index in [1.54, 1.807) is 6.20 Å². The number of pyridine rings is 1. The van der Waals surface area contributed by atoms with E-state index in [0.29, 0.717) is 6.54 Å². The van der Waals surface area contributed by atoms with Crippen molar-refractivity contribution in [3.05, 3.63) is 30.1 Å². The molecule has 1 aliphatic heterocycles. The summed E-state index contributed by atoms with van der Waals surface area (Å²) in [6, 6.07) is 3.90. The SMILES string of the molecule is CNCC1C(=O)N(C)CCN1Cc1cccnc1. The molecule has 1 saturated heterocycles. The number of nitrogens with one attached hydrogen (secondary N) is 1. The highest BCUT2D eigenvalue weighted by atomic mass is 16.2. The normalized spacial score (nSPS) is 21.3. The molecule has 0 bridgehead atoms. The van der Waals surface area contributed by atoms with Crippen molar-refractivity contribution >= 4 is 5.91 Å².